The molecule has 0 saturated heterocycles. The molecule has 0 spiro atoms. The normalized spacial score (nSPS) is 8.64. The number of hydrogen-bond donors (Lipinski definition) is 1. The van der Waals surface area contributed by atoms with E-state index in [0.717, 1.165) is 0 Å². The summed E-state index contributed by atoms with van der Waals surface area (Å²) in [6.07, 6.45) is 2.47. The predicted octanol–water partition coefficient (Wildman–Crippen LogP) is -0.553. The third-order valence-corrected chi connectivity index (χ3v) is 1.00. The minimum Gasteiger partial charge on any atom is -0.364 e. The minimum atomic E-state index is -0.686. The van der Waals surface area contributed by atoms with Gasteiger partial charge >= 0.3 is 0 Å². The van der Waals surface area contributed by atoms with Crippen LogP contribution >= 0.6 is 0 Å². The highest BCUT2D eigenvalue weighted by Crippen LogP contribution is 1.92. The van der Waals surface area contributed by atoms with Crippen LogP contribution in [-0.2, 0) is 0 Å². The zero-order valence-corrected chi connectivity index (χ0v) is 5.48. The van der Waals surface area contributed by atoms with E-state index in [1.54, 1.807) is 6.07 Å². The number of nitriles is 1. The Hall–Kier alpha value is -1.96. The molecule has 0 atom stereocenters. The van der Waals surface area contributed by atoms with Crippen molar-refractivity contribution in [2.75, 3.05) is 0 Å². The van der Waals surface area contributed by atoms with E-state index in [-0.39, 0.29) is 11.4 Å². The van der Waals surface area contributed by atoms with Gasteiger partial charge in [0.1, 0.15) is 11.8 Å². The summed E-state index contributed by atoms with van der Waals surface area (Å²) >= 11 is 0. The molecule has 54 valence electrons. The summed E-state index contributed by atoms with van der Waals surface area (Å²) < 4.78 is 0. The van der Waals surface area contributed by atoms with Crippen molar-refractivity contribution in [2.45, 2.75) is 0 Å². The number of nitrogens with zero attached hydrogens (tertiary/aromatic N) is 3. The van der Waals surface area contributed by atoms with Crippen LogP contribution < -0.4 is 5.73 Å². The molecular formula is C6H4N4O. The Kier molecular flexibility index (Phi) is 1.79. The van der Waals surface area contributed by atoms with E-state index in [1.165, 1.54) is 12.4 Å². The molecule has 1 aromatic rings. The quantitative estimate of drug-likeness (QED) is 0.578. The van der Waals surface area contributed by atoms with Crippen LogP contribution in [-0.4, -0.2) is 15.9 Å². The SMILES string of the molecule is N#Cc1cncc(C(N)=O)n1. The maximum atomic E-state index is 10.5. The number of amides is 1. The van der Waals surface area contributed by atoms with Gasteiger partial charge in [0.05, 0.1) is 12.4 Å². The van der Waals surface area contributed by atoms with Crippen molar-refractivity contribution in [1.82, 2.24) is 9.97 Å². The fourth-order valence-corrected chi connectivity index (χ4v) is 0.539. The Morgan fingerprint density at radius 1 is 1.64 bits per heavy atom. The molecule has 0 bridgehead atoms. The van der Waals surface area contributed by atoms with Crippen molar-refractivity contribution < 1.29 is 4.79 Å². The molecule has 1 aromatic heterocycles. The lowest BCUT2D eigenvalue weighted by Gasteiger charge is -1.91. The highest BCUT2D eigenvalue weighted by Gasteiger charge is 2.02. The van der Waals surface area contributed by atoms with Crippen LogP contribution in [0.4, 0.5) is 0 Å². The van der Waals surface area contributed by atoms with Crippen molar-refractivity contribution in [3.05, 3.63) is 23.8 Å². The first-order chi connectivity index (χ1) is 5.24. The van der Waals surface area contributed by atoms with Crippen LogP contribution in [0.1, 0.15) is 16.2 Å². The Labute approximate surface area is 62.5 Å². The molecule has 2 N–H and O–H groups in total. The Bertz CT molecular complexity index is 328. The molecule has 1 amide bonds. The third-order valence-electron chi connectivity index (χ3n) is 1.00. The van der Waals surface area contributed by atoms with Gasteiger partial charge in [-0.2, -0.15) is 5.26 Å². The average Bonchev–Trinajstić information content (AvgIpc) is 2.05. The summed E-state index contributed by atoms with van der Waals surface area (Å²) in [5.41, 5.74) is 4.97. The van der Waals surface area contributed by atoms with Crippen LogP contribution in [0.15, 0.2) is 12.4 Å². The molecule has 0 radical (unpaired) electrons. The number of carbonyl (C=O) groups excluding carboxylic acids is 1. The molecule has 0 aromatic carbocycles. The molecular weight excluding hydrogens is 144 g/mol. The molecule has 0 unspecified atom stereocenters. The zero-order chi connectivity index (χ0) is 8.27. The standard InChI is InChI=1S/C6H4N4O/c7-1-4-2-9-3-5(10-4)6(8)11/h2-3H,(H2,8,11). The molecule has 0 aliphatic heterocycles. The van der Waals surface area contributed by atoms with Crippen LogP contribution in [0, 0.1) is 11.3 Å². The van der Waals surface area contributed by atoms with E-state index < -0.39 is 5.91 Å². The van der Waals surface area contributed by atoms with Crippen LogP contribution in [0.5, 0.6) is 0 Å². The first kappa shape index (κ1) is 7.15. The van der Waals surface area contributed by atoms with E-state index >= 15 is 0 Å². The van der Waals surface area contributed by atoms with Crippen molar-refractivity contribution in [2.24, 2.45) is 5.73 Å². The van der Waals surface area contributed by atoms with Gasteiger partial charge < -0.3 is 5.73 Å². The lowest BCUT2D eigenvalue weighted by Crippen LogP contribution is -2.13. The lowest BCUT2D eigenvalue weighted by molar-refractivity contribution is 0.0995. The number of rotatable bonds is 1. The van der Waals surface area contributed by atoms with Crippen LogP contribution in [0.2, 0.25) is 0 Å². The summed E-state index contributed by atoms with van der Waals surface area (Å²) in [6, 6.07) is 1.74. The molecule has 1 rings (SSSR count). The Morgan fingerprint density at radius 2 is 2.36 bits per heavy atom. The van der Waals surface area contributed by atoms with Gasteiger partial charge in [-0.1, -0.05) is 0 Å². The van der Waals surface area contributed by atoms with E-state index in [0.29, 0.717) is 0 Å². The van der Waals surface area contributed by atoms with Crippen molar-refractivity contribution in [3.63, 3.8) is 0 Å². The average molecular weight is 148 g/mol. The van der Waals surface area contributed by atoms with E-state index in [9.17, 15) is 4.79 Å². The largest absolute Gasteiger partial charge is 0.364 e. The van der Waals surface area contributed by atoms with Gasteiger partial charge in [-0.3, -0.25) is 9.78 Å². The second-order valence-corrected chi connectivity index (χ2v) is 1.77. The number of carbonyl (C=O) groups is 1. The molecule has 5 nitrogen and oxygen atoms in total. The highest BCUT2D eigenvalue weighted by molar-refractivity contribution is 5.90. The summed E-state index contributed by atoms with van der Waals surface area (Å²) in [7, 11) is 0. The number of nitrogens with two attached hydrogens (primary N) is 1. The molecule has 1 heterocycles. The Balaban J connectivity index is 3.13. The predicted molar refractivity (Wildman–Crippen MR) is 35.3 cm³/mol. The van der Waals surface area contributed by atoms with E-state index in [1.807, 2.05) is 0 Å². The highest BCUT2D eigenvalue weighted by atomic mass is 16.1. The zero-order valence-electron chi connectivity index (χ0n) is 5.48. The fourth-order valence-electron chi connectivity index (χ4n) is 0.539. The van der Waals surface area contributed by atoms with E-state index in [2.05, 4.69) is 9.97 Å². The molecule has 5 heteroatoms. The fraction of sp³-hybridized carbons (Fsp3) is 0. The van der Waals surface area contributed by atoms with Gasteiger partial charge in [-0.05, 0) is 0 Å². The van der Waals surface area contributed by atoms with Gasteiger partial charge in [0, 0.05) is 0 Å². The minimum absolute atomic E-state index is 0.00375. The van der Waals surface area contributed by atoms with Gasteiger partial charge in [0.15, 0.2) is 5.69 Å². The first-order valence-corrected chi connectivity index (χ1v) is 2.76. The summed E-state index contributed by atoms with van der Waals surface area (Å²) in [6.45, 7) is 0. The smallest absolute Gasteiger partial charge is 0.268 e. The number of primary amides is 1. The second-order valence-electron chi connectivity index (χ2n) is 1.77. The van der Waals surface area contributed by atoms with Crippen molar-refractivity contribution >= 4 is 5.91 Å². The Morgan fingerprint density at radius 3 is 2.91 bits per heavy atom. The molecule has 0 aliphatic rings. The van der Waals surface area contributed by atoms with E-state index in [4.69, 9.17) is 11.0 Å². The van der Waals surface area contributed by atoms with Crippen LogP contribution in [0.3, 0.4) is 0 Å². The molecule has 0 saturated carbocycles. The topological polar surface area (TPSA) is 92.7 Å². The summed E-state index contributed by atoms with van der Waals surface area (Å²) in [5.74, 6) is -0.686. The first-order valence-electron chi connectivity index (χ1n) is 2.76. The second kappa shape index (κ2) is 2.75. The monoisotopic (exact) mass is 148 g/mol. The van der Waals surface area contributed by atoms with Crippen molar-refractivity contribution in [3.8, 4) is 6.07 Å². The van der Waals surface area contributed by atoms with Gasteiger partial charge in [0.25, 0.3) is 5.91 Å². The molecule has 11 heavy (non-hydrogen) atoms. The van der Waals surface area contributed by atoms with Crippen molar-refractivity contribution in [1.29, 1.82) is 5.26 Å². The summed E-state index contributed by atoms with van der Waals surface area (Å²) in [5, 5.41) is 8.34. The third kappa shape index (κ3) is 1.49. The van der Waals surface area contributed by atoms with Gasteiger partial charge in [-0.15, -0.1) is 0 Å². The van der Waals surface area contributed by atoms with Gasteiger partial charge in [0.2, 0.25) is 0 Å². The maximum Gasteiger partial charge on any atom is 0.268 e. The molecule has 0 fully saturated rings. The number of aromatic nitrogens is 2. The lowest BCUT2D eigenvalue weighted by atomic mass is 10.4. The number of hydrogen-bond acceptors (Lipinski definition) is 4. The van der Waals surface area contributed by atoms with Crippen LogP contribution in [0.25, 0.3) is 0 Å². The molecule has 0 aliphatic carbocycles. The van der Waals surface area contributed by atoms with Gasteiger partial charge in [-0.25, -0.2) is 4.98 Å². The maximum absolute atomic E-state index is 10.5. The summed E-state index contributed by atoms with van der Waals surface area (Å²) in [4.78, 5) is 17.7.